The number of amides is 1. The summed E-state index contributed by atoms with van der Waals surface area (Å²) in [6, 6.07) is 16.8. The van der Waals surface area contributed by atoms with Gasteiger partial charge in [0.1, 0.15) is 5.75 Å². The molecule has 0 radical (unpaired) electrons. The first-order chi connectivity index (χ1) is 16.2. The van der Waals surface area contributed by atoms with Gasteiger partial charge in [0.15, 0.2) is 17.6 Å². The maximum Gasteiger partial charge on any atom is 0.267 e. The summed E-state index contributed by atoms with van der Waals surface area (Å²) in [4.78, 5) is 13.3. The summed E-state index contributed by atoms with van der Waals surface area (Å²) in [6.45, 7) is 3.58. The first-order valence-electron chi connectivity index (χ1n) is 10.6. The van der Waals surface area contributed by atoms with E-state index >= 15 is 0 Å². The number of ether oxygens (including phenoxy) is 3. The zero-order valence-electron chi connectivity index (χ0n) is 19.4. The molecular weight excluding hydrogens is 456 g/mol. The number of hydrogen-bond donors (Lipinski definition) is 1. The number of anilines is 2. The van der Waals surface area contributed by atoms with Gasteiger partial charge in [-0.2, -0.15) is 0 Å². The minimum absolute atomic E-state index is 0.145. The van der Waals surface area contributed by atoms with Crippen LogP contribution in [0, 0.1) is 13.8 Å². The monoisotopic (exact) mass is 482 g/mol. The number of nitrogens with zero attached hydrogens (tertiary/aromatic N) is 1. The summed E-state index contributed by atoms with van der Waals surface area (Å²) in [5.41, 5.74) is 2.69. The van der Waals surface area contributed by atoms with Gasteiger partial charge in [0.2, 0.25) is 0 Å². The van der Waals surface area contributed by atoms with Gasteiger partial charge in [0.05, 0.1) is 31.3 Å². The Hall–Kier alpha value is -3.72. The fraction of sp³-hybridized carbons (Fsp3) is 0.240. The van der Waals surface area contributed by atoms with E-state index in [1.54, 1.807) is 54.6 Å². The van der Waals surface area contributed by atoms with Crippen molar-refractivity contribution in [2.45, 2.75) is 24.8 Å². The molecule has 1 N–H and O–H groups in total. The van der Waals surface area contributed by atoms with Gasteiger partial charge in [0, 0.05) is 11.8 Å². The van der Waals surface area contributed by atoms with Crippen LogP contribution in [0.3, 0.4) is 0 Å². The molecule has 0 saturated heterocycles. The van der Waals surface area contributed by atoms with E-state index in [-0.39, 0.29) is 11.4 Å². The maximum absolute atomic E-state index is 13.6. The number of aryl methyl sites for hydroxylation is 2. The van der Waals surface area contributed by atoms with Gasteiger partial charge in [-0.15, -0.1) is 0 Å². The van der Waals surface area contributed by atoms with Crippen LogP contribution in [0.15, 0.2) is 65.6 Å². The molecule has 9 heteroatoms. The van der Waals surface area contributed by atoms with Gasteiger partial charge in [-0.1, -0.05) is 23.8 Å². The molecule has 4 rings (SSSR count). The van der Waals surface area contributed by atoms with Crippen molar-refractivity contribution >= 4 is 27.3 Å². The standard InChI is InChI=1S/C25H26N2O6S/c1-16-5-9-19(10-6-16)34(29,30)27-15-24(33-21-11-7-17(2)13-20(21)27)25(28)26-18-8-12-22(31-3)23(14-18)32-4/h5-14,24H,15H2,1-4H3,(H,26,28). The molecule has 1 heterocycles. The Labute approximate surface area is 199 Å². The maximum atomic E-state index is 13.6. The smallest absolute Gasteiger partial charge is 0.267 e. The molecule has 0 fully saturated rings. The highest BCUT2D eigenvalue weighted by atomic mass is 32.2. The zero-order chi connectivity index (χ0) is 24.5. The quantitative estimate of drug-likeness (QED) is 0.573. The number of carbonyl (C=O) groups is 1. The van der Waals surface area contributed by atoms with Gasteiger partial charge in [-0.05, 0) is 55.8 Å². The lowest BCUT2D eigenvalue weighted by Gasteiger charge is -2.35. The summed E-state index contributed by atoms with van der Waals surface area (Å²) >= 11 is 0. The predicted molar refractivity (Wildman–Crippen MR) is 129 cm³/mol. The normalized spacial score (nSPS) is 15.2. The molecule has 3 aromatic carbocycles. The van der Waals surface area contributed by atoms with Crippen LogP contribution in [0.1, 0.15) is 11.1 Å². The molecule has 0 bridgehead atoms. The lowest BCUT2D eigenvalue weighted by Crippen LogP contribution is -2.48. The first kappa shape index (κ1) is 23.4. The first-order valence-corrected chi connectivity index (χ1v) is 12.1. The van der Waals surface area contributed by atoms with Crippen molar-refractivity contribution < 1.29 is 27.4 Å². The minimum atomic E-state index is -3.93. The molecule has 1 aliphatic heterocycles. The average molecular weight is 483 g/mol. The Bertz CT molecular complexity index is 1320. The van der Waals surface area contributed by atoms with Crippen molar-refractivity contribution in [3.8, 4) is 17.2 Å². The van der Waals surface area contributed by atoms with Crippen molar-refractivity contribution in [1.82, 2.24) is 0 Å². The summed E-state index contributed by atoms with van der Waals surface area (Å²) in [7, 11) is -0.909. The van der Waals surface area contributed by atoms with E-state index in [1.165, 1.54) is 18.5 Å². The SMILES string of the molecule is COc1ccc(NC(=O)C2CN(S(=O)(=O)c3ccc(C)cc3)c3cc(C)ccc3O2)cc1OC. The van der Waals surface area contributed by atoms with Crippen molar-refractivity contribution in [2.75, 3.05) is 30.4 Å². The van der Waals surface area contributed by atoms with Gasteiger partial charge >= 0.3 is 0 Å². The number of methoxy groups -OCH3 is 2. The number of carbonyl (C=O) groups excluding carboxylic acids is 1. The number of sulfonamides is 1. The molecule has 34 heavy (non-hydrogen) atoms. The van der Waals surface area contributed by atoms with Gasteiger partial charge in [0.25, 0.3) is 15.9 Å². The molecule has 178 valence electrons. The van der Waals surface area contributed by atoms with E-state index in [9.17, 15) is 13.2 Å². The van der Waals surface area contributed by atoms with E-state index in [4.69, 9.17) is 14.2 Å². The van der Waals surface area contributed by atoms with E-state index < -0.39 is 22.0 Å². The summed E-state index contributed by atoms with van der Waals surface area (Å²) < 4.78 is 44.8. The van der Waals surface area contributed by atoms with E-state index in [2.05, 4.69) is 5.32 Å². The van der Waals surface area contributed by atoms with Crippen LogP contribution >= 0.6 is 0 Å². The number of rotatable bonds is 6. The van der Waals surface area contributed by atoms with Crippen LogP contribution in [0.25, 0.3) is 0 Å². The summed E-state index contributed by atoms with van der Waals surface area (Å²) in [6.07, 6.45) is -1.07. The molecule has 1 aliphatic rings. The molecule has 8 nitrogen and oxygen atoms in total. The number of hydrogen-bond acceptors (Lipinski definition) is 6. The molecule has 3 aromatic rings. The Morgan fingerprint density at radius 2 is 1.62 bits per heavy atom. The zero-order valence-corrected chi connectivity index (χ0v) is 20.2. The Morgan fingerprint density at radius 1 is 0.941 bits per heavy atom. The lowest BCUT2D eigenvalue weighted by atomic mass is 10.1. The molecule has 1 amide bonds. The second-order valence-electron chi connectivity index (χ2n) is 7.99. The third kappa shape index (κ3) is 4.51. The van der Waals surface area contributed by atoms with Crippen molar-refractivity contribution in [3.63, 3.8) is 0 Å². The highest BCUT2D eigenvalue weighted by Crippen LogP contribution is 2.38. The number of benzene rings is 3. The molecule has 0 spiro atoms. The highest BCUT2D eigenvalue weighted by molar-refractivity contribution is 7.92. The topological polar surface area (TPSA) is 94.2 Å². The Balaban J connectivity index is 1.66. The van der Waals surface area contributed by atoms with Crippen LogP contribution in [-0.4, -0.2) is 41.2 Å². The molecular formula is C25H26N2O6S. The van der Waals surface area contributed by atoms with E-state index in [1.807, 2.05) is 19.9 Å². The molecule has 1 unspecified atom stereocenters. The summed E-state index contributed by atoms with van der Waals surface area (Å²) in [5, 5.41) is 2.78. The average Bonchev–Trinajstić information content (AvgIpc) is 2.83. The van der Waals surface area contributed by atoms with E-state index in [0.717, 1.165) is 11.1 Å². The lowest BCUT2D eigenvalue weighted by molar-refractivity contribution is -0.122. The minimum Gasteiger partial charge on any atom is -0.493 e. The van der Waals surface area contributed by atoms with Gasteiger partial charge < -0.3 is 19.5 Å². The van der Waals surface area contributed by atoms with E-state index in [0.29, 0.717) is 28.6 Å². The van der Waals surface area contributed by atoms with Crippen LogP contribution in [-0.2, 0) is 14.8 Å². The van der Waals surface area contributed by atoms with Crippen LogP contribution in [0.4, 0.5) is 11.4 Å². The largest absolute Gasteiger partial charge is 0.493 e. The van der Waals surface area contributed by atoms with Gasteiger partial charge in [-0.25, -0.2) is 8.42 Å². The fourth-order valence-electron chi connectivity index (χ4n) is 3.70. The van der Waals surface area contributed by atoms with Crippen LogP contribution in [0.5, 0.6) is 17.2 Å². The third-order valence-electron chi connectivity index (χ3n) is 5.54. The molecule has 0 aromatic heterocycles. The number of nitrogens with one attached hydrogen (secondary N) is 1. The molecule has 0 saturated carbocycles. The van der Waals surface area contributed by atoms with Crippen LogP contribution < -0.4 is 23.8 Å². The Morgan fingerprint density at radius 3 is 2.29 bits per heavy atom. The van der Waals surface area contributed by atoms with Crippen molar-refractivity contribution in [2.24, 2.45) is 0 Å². The second-order valence-corrected chi connectivity index (χ2v) is 9.85. The fourth-order valence-corrected chi connectivity index (χ4v) is 5.17. The second kappa shape index (κ2) is 9.26. The predicted octanol–water partition coefficient (Wildman–Crippen LogP) is 3.92. The molecule has 0 aliphatic carbocycles. The molecule has 1 atom stereocenters. The van der Waals surface area contributed by atoms with Crippen molar-refractivity contribution in [3.05, 3.63) is 71.8 Å². The van der Waals surface area contributed by atoms with Crippen LogP contribution in [0.2, 0.25) is 0 Å². The number of fused-ring (bicyclic) bond motifs is 1. The Kier molecular flexibility index (Phi) is 6.39. The summed E-state index contributed by atoms with van der Waals surface area (Å²) in [5.74, 6) is 0.811. The van der Waals surface area contributed by atoms with Crippen molar-refractivity contribution in [1.29, 1.82) is 0 Å². The van der Waals surface area contributed by atoms with Gasteiger partial charge in [-0.3, -0.25) is 9.10 Å². The highest BCUT2D eigenvalue weighted by Gasteiger charge is 2.37. The third-order valence-corrected chi connectivity index (χ3v) is 7.33.